The number of carbonyl (C=O) groups excluding carboxylic acids is 1. The van der Waals surface area contributed by atoms with Crippen LogP contribution >= 0.6 is 0 Å². The molecule has 9 heteroatoms. The van der Waals surface area contributed by atoms with E-state index in [2.05, 4.69) is 10.3 Å². The Morgan fingerprint density at radius 2 is 1.96 bits per heavy atom. The highest BCUT2D eigenvalue weighted by Gasteiger charge is 2.16. The van der Waals surface area contributed by atoms with Gasteiger partial charge >= 0.3 is 5.69 Å². The van der Waals surface area contributed by atoms with E-state index in [0.29, 0.717) is 11.4 Å². The van der Waals surface area contributed by atoms with Crippen LogP contribution < -0.4 is 21.3 Å². The van der Waals surface area contributed by atoms with E-state index in [4.69, 9.17) is 4.74 Å². The molecule has 0 saturated carbocycles. The molecular weight excluding hydrogens is 338 g/mol. The standard InChI is InChI=1S/C17H19N5O4/c1-10-5-6-12(26-4)11(7-10)19-13(23)8-22-9-18-15-14(22)16(24)21(3)17(25)20(15)2/h5-7,9H,8H2,1-4H3,(H,19,23). The van der Waals surface area contributed by atoms with Crippen molar-refractivity contribution in [3.05, 3.63) is 50.9 Å². The minimum Gasteiger partial charge on any atom is -0.495 e. The van der Waals surface area contributed by atoms with Gasteiger partial charge in [-0.15, -0.1) is 0 Å². The summed E-state index contributed by atoms with van der Waals surface area (Å²) >= 11 is 0. The highest BCUT2D eigenvalue weighted by Crippen LogP contribution is 2.25. The van der Waals surface area contributed by atoms with E-state index >= 15 is 0 Å². The van der Waals surface area contributed by atoms with Gasteiger partial charge in [0.1, 0.15) is 12.3 Å². The van der Waals surface area contributed by atoms with Gasteiger partial charge in [0, 0.05) is 14.1 Å². The maximum atomic E-state index is 12.5. The van der Waals surface area contributed by atoms with Gasteiger partial charge in [-0.1, -0.05) is 6.07 Å². The molecule has 1 N–H and O–H groups in total. The normalized spacial score (nSPS) is 10.9. The predicted molar refractivity (Wildman–Crippen MR) is 96.6 cm³/mol. The first kappa shape index (κ1) is 17.5. The Bertz CT molecular complexity index is 1120. The number of rotatable bonds is 4. The summed E-state index contributed by atoms with van der Waals surface area (Å²) in [5, 5.41) is 2.78. The van der Waals surface area contributed by atoms with Gasteiger partial charge in [0.25, 0.3) is 5.56 Å². The third-order valence-electron chi connectivity index (χ3n) is 4.16. The maximum absolute atomic E-state index is 12.5. The SMILES string of the molecule is COc1ccc(C)cc1NC(=O)Cn1cnc2c1c(=O)n(C)c(=O)n2C. The number of hydrogen-bond donors (Lipinski definition) is 1. The van der Waals surface area contributed by atoms with E-state index in [0.717, 1.165) is 10.1 Å². The molecule has 0 radical (unpaired) electrons. The molecule has 0 fully saturated rings. The van der Waals surface area contributed by atoms with E-state index in [1.54, 1.807) is 12.1 Å². The molecule has 0 saturated heterocycles. The van der Waals surface area contributed by atoms with Crippen LogP contribution in [0.5, 0.6) is 5.75 Å². The summed E-state index contributed by atoms with van der Waals surface area (Å²) in [5.74, 6) is 0.196. The summed E-state index contributed by atoms with van der Waals surface area (Å²) in [6.45, 7) is 1.78. The molecule has 0 atom stereocenters. The monoisotopic (exact) mass is 357 g/mol. The largest absolute Gasteiger partial charge is 0.495 e. The van der Waals surface area contributed by atoms with E-state index in [9.17, 15) is 14.4 Å². The summed E-state index contributed by atoms with van der Waals surface area (Å²) in [6.07, 6.45) is 1.37. The number of aromatic nitrogens is 4. The van der Waals surface area contributed by atoms with Crippen molar-refractivity contribution in [2.24, 2.45) is 14.1 Å². The van der Waals surface area contributed by atoms with E-state index < -0.39 is 11.2 Å². The molecule has 1 aromatic carbocycles. The molecule has 1 amide bonds. The number of fused-ring (bicyclic) bond motifs is 1. The van der Waals surface area contributed by atoms with E-state index in [1.807, 2.05) is 13.0 Å². The molecule has 3 rings (SSSR count). The lowest BCUT2D eigenvalue weighted by Crippen LogP contribution is -2.37. The topological polar surface area (TPSA) is 100 Å². The zero-order valence-electron chi connectivity index (χ0n) is 14.9. The van der Waals surface area contributed by atoms with Gasteiger partial charge in [0.05, 0.1) is 19.1 Å². The maximum Gasteiger partial charge on any atom is 0.332 e. The molecule has 26 heavy (non-hydrogen) atoms. The van der Waals surface area contributed by atoms with Crippen LogP contribution in [-0.2, 0) is 25.4 Å². The van der Waals surface area contributed by atoms with Crippen LogP contribution in [0.1, 0.15) is 5.56 Å². The second-order valence-electron chi connectivity index (χ2n) is 6.00. The Labute approximate surface area is 148 Å². The van der Waals surface area contributed by atoms with Crippen molar-refractivity contribution in [3.63, 3.8) is 0 Å². The fourth-order valence-corrected chi connectivity index (χ4v) is 2.78. The van der Waals surface area contributed by atoms with Crippen LogP contribution in [0.25, 0.3) is 11.2 Å². The summed E-state index contributed by atoms with van der Waals surface area (Å²) in [6, 6.07) is 5.44. The number of benzene rings is 1. The Kier molecular flexibility index (Phi) is 4.37. The Balaban J connectivity index is 1.95. The summed E-state index contributed by atoms with van der Waals surface area (Å²) in [5.41, 5.74) is 0.975. The number of nitrogens with zero attached hydrogens (tertiary/aromatic N) is 4. The zero-order valence-corrected chi connectivity index (χ0v) is 14.9. The van der Waals surface area contributed by atoms with Crippen LogP contribution in [-0.4, -0.2) is 31.7 Å². The van der Waals surface area contributed by atoms with Crippen LogP contribution in [0.2, 0.25) is 0 Å². The zero-order chi connectivity index (χ0) is 19.0. The van der Waals surface area contributed by atoms with Crippen molar-refractivity contribution in [1.29, 1.82) is 0 Å². The quantitative estimate of drug-likeness (QED) is 0.728. The van der Waals surface area contributed by atoms with Crippen molar-refractivity contribution in [2.75, 3.05) is 12.4 Å². The lowest BCUT2D eigenvalue weighted by Gasteiger charge is -2.11. The summed E-state index contributed by atoms with van der Waals surface area (Å²) in [7, 11) is 4.44. The highest BCUT2D eigenvalue weighted by atomic mass is 16.5. The van der Waals surface area contributed by atoms with Crippen LogP contribution in [0.4, 0.5) is 5.69 Å². The van der Waals surface area contributed by atoms with Crippen molar-refractivity contribution in [3.8, 4) is 5.75 Å². The molecule has 2 heterocycles. The average Bonchev–Trinajstić information content (AvgIpc) is 3.02. The van der Waals surface area contributed by atoms with Crippen molar-refractivity contribution in [2.45, 2.75) is 13.5 Å². The van der Waals surface area contributed by atoms with Gasteiger partial charge in [0.2, 0.25) is 5.91 Å². The van der Waals surface area contributed by atoms with Gasteiger partial charge in [-0.05, 0) is 24.6 Å². The molecule has 136 valence electrons. The third-order valence-corrected chi connectivity index (χ3v) is 4.16. The molecule has 0 bridgehead atoms. The minimum absolute atomic E-state index is 0.124. The second kappa shape index (κ2) is 6.51. The predicted octanol–water partition coefficient (Wildman–Crippen LogP) is 0.389. The fraction of sp³-hybridized carbons (Fsp3) is 0.294. The van der Waals surface area contributed by atoms with Crippen molar-refractivity contribution in [1.82, 2.24) is 18.7 Å². The summed E-state index contributed by atoms with van der Waals surface area (Å²) in [4.78, 5) is 40.9. The molecule has 9 nitrogen and oxygen atoms in total. The van der Waals surface area contributed by atoms with E-state index in [1.165, 1.54) is 36.7 Å². The lowest BCUT2D eigenvalue weighted by atomic mass is 10.2. The molecular formula is C17H19N5O4. The Morgan fingerprint density at radius 1 is 1.23 bits per heavy atom. The summed E-state index contributed by atoms with van der Waals surface area (Å²) < 4.78 is 8.93. The number of ether oxygens (including phenoxy) is 1. The first-order valence-electron chi connectivity index (χ1n) is 7.89. The number of methoxy groups -OCH3 is 1. The first-order valence-corrected chi connectivity index (χ1v) is 7.89. The van der Waals surface area contributed by atoms with Gasteiger partial charge in [0.15, 0.2) is 11.2 Å². The van der Waals surface area contributed by atoms with Crippen LogP contribution in [0.3, 0.4) is 0 Å². The molecule has 3 aromatic rings. The van der Waals surface area contributed by atoms with Crippen LogP contribution in [0, 0.1) is 6.92 Å². The average molecular weight is 357 g/mol. The molecule has 0 unspecified atom stereocenters. The van der Waals surface area contributed by atoms with Gasteiger partial charge in [-0.25, -0.2) is 9.78 Å². The number of anilines is 1. The third kappa shape index (κ3) is 2.87. The van der Waals surface area contributed by atoms with Gasteiger partial charge < -0.3 is 14.6 Å². The Morgan fingerprint density at radius 3 is 2.65 bits per heavy atom. The number of carbonyl (C=O) groups is 1. The number of amides is 1. The minimum atomic E-state index is -0.499. The first-order chi connectivity index (χ1) is 12.3. The van der Waals surface area contributed by atoms with E-state index in [-0.39, 0.29) is 23.6 Å². The smallest absolute Gasteiger partial charge is 0.332 e. The van der Waals surface area contributed by atoms with Crippen LogP contribution in [0.15, 0.2) is 34.1 Å². The molecule has 0 aliphatic heterocycles. The Hall–Kier alpha value is -3.36. The molecule has 0 spiro atoms. The number of nitrogens with one attached hydrogen (secondary N) is 1. The van der Waals surface area contributed by atoms with Gasteiger partial charge in [-0.2, -0.15) is 0 Å². The number of imidazole rings is 1. The molecule has 0 aliphatic carbocycles. The van der Waals surface area contributed by atoms with Crippen molar-refractivity contribution < 1.29 is 9.53 Å². The van der Waals surface area contributed by atoms with Crippen molar-refractivity contribution >= 4 is 22.8 Å². The highest BCUT2D eigenvalue weighted by molar-refractivity contribution is 5.93. The number of hydrogen-bond acceptors (Lipinski definition) is 5. The molecule has 0 aliphatic rings. The second-order valence-corrected chi connectivity index (χ2v) is 6.00. The molecule has 2 aromatic heterocycles. The number of aryl methyl sites for hydroxylation is 2. The van der Waals surface area contributed by atoms with Gasteiger partial charge in [-0.3, -0.25) is 18.7 Å². The fourth-order valence-electron chi connectivity index (χ4n) is 2.78. The lowest BCUT2D eigenvalue weighted by molar-refractivity contribution is -0.116.